The number of fused-ring (bicyclic) bond motifs is 14. The molecule has 11 rings (SSSR count). The molecule has 0 bridgehead atoms. The van der Waals surface area contributed by atoms with Crippen molar-refractivity contribution in [2.45, 2.75) is 5.41 Å². The molecule has 232 valence electrons. The van der Waals surface area contributed by atoms with Crippen molar-refractivity contribution in [1.29, 1.82) is 0 Å². The van der Waals surface area contributed by atoms with Crippen LogP contribution in [0.5, 0.6) is 0 Å². The molecule has 4 heteroatoms. The van der Waals surface area contributed by atoms with E-state index in [4.69, 9.17) is 19.4 Å². The minimum atomic E-state index is -0.493. The zero-order chi connectivity index (χ0) is 32.8. The fourth-order valence-corrected chi connectivity index (χ4v) is 8.48. The first-order chi connectivity index (χ1) is 24.8. The fraction of sp³-hybridized carbons (Fsp3) is 0.0217. The fourth-order valence-electron chi connectivity index (χ4n) is 8.48. The third kappa shape index (κ3) is 3.62. The van der Waals surface area contributed by atoms with E-state index in [9.17, 15) is 0 Å². The van der Waals surface area contributed by atoms with Crippen LogP contribution in [0.25, 0.3) is 78.4 Å². The highest BCUT2D eigenvalue weighted by Crippen LogP contribution is 2.64. The van der Waals surface area contributed by atoms with Gasteiger partial charge in [-0.1, -0.05) is 152 Å². The topological polar surface area (TPSA) is 51.8 Å². The molecular weight excluding hydrogens is 611 g/mol. The summed E-state index contributed by atoms with van der Waals surface area (Å²) >= 11 is 0. The number of hydrogen-bond donors (Lipinski definition) is 0. The van der Waals surface area contributed by atoms with Gasteiger partial charge in [0.2, 0.25) is 0 Å². The molecule has 2 aromatic heterocycles. The number of aromatic nitrogens is 3. The zero-order valence-corrected chi connectivity index (χ0v) is 26.8. The number of para-hydroxylation sites is 1. The van der Waals surface area contributed by atoms with Crippen LogP contribution in [-0.2, 0) is 5.41 Å². The monoisotopic (exact) mass is 637 g/mol. The normalized spacial score (nSPS) is 15.3. The van der Waals surface area contributed by atoms with Crippen LogP contribution in [0, 0.1) is 0 Å². The van der Waals surface area contributed by atoms with Crippen LogP contribution in [0.3, 0.4) is 0 Å². The van der Waals surface area contributed by atoms with Crippen LogP contribution in [0.4, 0.5) is 0 Å². The second-order valence-electron chi connectivity index (χ2n) is 13.1. The summed E-state index contributed by atoms with van der Waals surface area (Å²) in [5, 5.41) is 2.29. The van der Waals surface area contributed by atoms with Crippen molar-refractivity contribution in [3.63, 3.8) is 0 Å². The molecule has 9 aromatic rings. The SMILES string of the molecule is c1ccc(-c2nc(-c3ccccc3)nc(-c3ccc4c(c3)-c3ccccc3C43c4ccccc4-c4c3ccc3c4oc4ccccc43)n2)cc1. The van der Waals surface area contributed by atoms with E-state index in [0.717, 1.165) is 38.6 Å². The molecule has 7 aromatic carbocycles. The van der Waals surface area contributed by atoms with E-state index in [-0.39, 0.29) is 0 Å². The van der Waals surface area contributed by atoms with E-state index in [0.29, 0.717) is 17.5 Å². The molecule has 0 amide bonds. The molecule has 1 spiro atoms. The van der Waals surface area contributed by atoms with Crippen LogP contribution >= 0.6 is 0 Å². The maximum atomic E-state index is 6.68. The first kappa shape index (κ1) is 27.3. The van der Waals surface area contributed by atoms with Gasteiger partial charge >= 0.3 is 0 Å². The van der Waals surface area contributed by atoms with Crippen LogP contribution in [0.15, 0.2) is 168 Å². The minimum absolute atomic E-state index is 0.493. The Morgan fingerprint density at radius 3 is 1.64 bits per heavy atom. The number of nitrogens with zero attached hydrogens (tertiary/aromatic N) is 3. The van der Waals surface area contributed by atoms with Gasteiger partial charge in [-0.15, -0.1) is 0 Å². The Hall–Kier alpha value is -6.65. The first-order valence-corrected chi connectivity index (χ1v) is 17.0. The molecule has 2 aliphatic carbocycles. The van der Waals surface area contributed by atoms with Gasteiger partial charge in [0.05, 0.1) is 5.41 Å². The molecule has 0 N–H and O–H groups in total. The van der Waals surface area contributed by atoms with Gasteiger partial charge < -0.3 is 4.42 Å². The Morgan fingerprint density at radius 1 is 0.380 bits per heavy atom. The van der Waals surface area contributed by atoms with Gasteiger partial charge in [0.1, 0.15) is 11.2 Å². The van der Waals surface area contributed by atoms with Crippen LogP contribution < -0.4 is 0 Å². The highest BCUT2D eigenvalue weighted by molar-refractivity contribution is 6.13. The Bertz CT molecular complexity index is 2760. The van der Waals surface area contributed by atoms with Gasteiger partial charge in [0.25, 0.3) is 0 Å². The van der Waals surface area contributed by atoms with Crippen molar-refractivity contribution in [1.82, 2.24) is 15.0 Å². The third-order valence-electron chi connectivity index (χ3n) is 10.6. The summed E-state index contributed by atoms with van der Waals surface area (Å²) in [5.41, 5.74) is 14.1. The highest BCUT2D eigenvalue weighted by atomic mass is 16.3. The maximum Gasteiger partial charge on any atom is 0.164 e. The standard InChI is InChI=1S/C46H27N3O/c1-3-13-28(14-4-1)43-47-44(29-15-5-2-6-16-29)49-45(48-43)30-23-25-38-35(27-30)31-17-7-10-20-36(31)46(38)37-21-11-8-19-34(37)41-39(46)26-24-33-32-18-9-12-22-40(32)50-42(33)41/h1-27H. The lowest BCUT2D eigenvalue weighted by molar-refractivity contribution is 0.669. The van der Waals surface area contributed by atoms with Crippen LogP contribution in [0.2, 0.25) is 0 Å². The summed E-state index contributed by atoms with van der Waals surface area (Å²) in [6.07, 6.45) is 0. The van der Waals surface area contributed by atoms with Crippen LogP contribution in [0.1, 0.15) is 22.3 Å². The third-order valence-corrected chi connectivity index (χ3v) is 10.6. The lowest BCUT2D eigenvalue weighted by atomic mass is 9.70. The van der Waals surface area contributed by atoms with Crippen molar-refractivity contribution in [2.75, 3.05) is 0 Å². The predicted molar refractivity (Wildman–Crippen MR) is 200 cm³/mol. The van der Waals surface area contributed by atoms with Crippen molar-refractivity contribution < 1.29 is 4.42 Å². The van der Waals surface area contributed by atoms with E-state index >= 15 is 0 Å². The first-order valence-electron chi connectivity index (χ1n) is 17.0. The molecule has 1 unspecified atom stereocenters. The average Bonchev–Trinajstić information content (AvgIpc) is 3.82. The van der Waals surface area contributed by atoms with Crippen molar-refractivity contribution in [2.24, 2.45) is 0 Å². The van der Waals surface area contributed by atoms with E-state index < -0.39 is 5.41 Å². The van der Waals surface area contributed by atoms with E-state index in [1.54, 1.807) is 0 Å². The lowest BCUT2D eigenvalue weighted by Crippen LogP contribution is -2.25. The molecule has 1 atom stereocenters. The minimum Gasteiger partial charge on any atom is -0.455 e. The maximum absolute atomic E-state index is 6.68. The number of hydrogen-bond acceptors (Lipinski definition) is 4. The Labute approximate surface area is 288 Å². The van der Waals surface area contributed by atoms with Gasteiger partial charge in [-0.05, 0) is 51.1 Å². The molecule has 0 fully saturated rings. The van der Waals surface area contributed by atoms with Crippen molar-refractivity contribution in [3.8, 4) is 56.4 Å². The Balaban J connectivity index is 1.17. The molecule has 50 heavy (non-hydrogen) atoms. The van der Waals surface area contributed by atoms with Gasteiger partial charge in [-0.25, -0.2) is 15.0 Å². The molecule has 0 saturated heterocycles. The molecule has 0 aliphatic heterocycles. The second kappa shape index (κ2) is 10.2. The molecule has 4 nitrogen and oxygen atoms in total. The van der Waals surface area contributed by atoms with Gasteiger partial charge in [-0.2, -0.15) is 0 Å². The van der Waals surface area contributed by atoms with Crippen LogP contribution in [-0.4, -0.2) is 15.0 Å². The largest absolute Gasteiger partial charge is 0.455 e. The zero-order valence-electron chi connectivity index (χ0n) is 26.8. The summed E-state index contributed by atoms with van der Waals surface area (Å²) in [5.74, 6) is 1.95. The molecular formula is C46H27N3O. The quantitative estimate of drug-likeness (QED) is 0.193. The second-order valence-corrected chi connectivity index (χ2v) is 13.1. The Morgan fingerprint density at radius 2 is 0.920 bits per heavy atom. The predicted octanol–water partition coefficient (Wildman–Crippen LogP) is 11.1. The van der Waals surface area contributed by atoms with E-state index in [1.165, 1.54) is 44.5 Å². The smallest absolute Gasteiger partial charge is 0.164 e. The summed E-state index contributed by atoms with van der Waals surface area (Å²) in [6.45, 7) is 0. The lowest BCUT2D eigenvalue weighted by Gasteiger charge is -2.30. The summed E-state index contributed by atoms with van der Waals surface area (Å²) < 4.78 is 6.68. The van der Waals surface area contributed by atoms with Crippen molar-refractivity contribution in [3.05, 3.63) is 186 Å². The molecule has 2 aliphatic rings. The van der Waals surface area contributed by atoms with Gasteiger partial charge in [0.15, 0.2) is 17.5 Å². The van der Waals surface area contributed by atoms with Crippen molar-refractivity contribution >= 4 is 21.9 Å². The molecule has 0 radical (unpaired) electrons. The summed E-state index contributed by atoms with van der Waals surface area (Å²) in [7, 11) is 0. The van der Waals surface area contributed by atoms with E-state index in [1.807, 2.05) is 66.7 Å². The van der Waals surface area contributed by atoms with Gasteiger partial charge in [0, 0.05) is 33.0 Å². The summed E-state index contributed by atoms with van der Waals surface area (Å²) in [6, 6.07) is 57.7. The highest BCUT2D eigenvalue weighted by Gasteiger charge is 2.52. The molecule has 2 heterocycles. The number of furan rings is 1. The number of benzene rings is 7. The average molecular weight is 638 g/mol. The Kier molecular flexibility index (Phi) is 5.56. The summed E-state index contributed by atoms with van der Waals surface area (Å²) in [4.78, 5) is 15.0. The van der Waals surface area contributed by atoms with Gasteiger partial charge in [-0.3, -0.25) is 0 Å². The molecule has 0 saturated carbocycles. The number of rotatable bonds is 3. The van der Waals surface area contributed by atoms with E-state index in [2.05, 4.69) is 97.1 Å².